The molecule has 3 saturated carbocycles. The Balaban J connectivity index is 1.15. The number of aromatic nitrogens is 2. The Labute approximate surface area is 233 Å². The predicted molar refractivity (Wildman–Crippen MR) is 148 cm³/mol. The molecule has 0 spiro atoms. The standard InChI is InChI=1S/C31H33F2N3O3S/c1-29-18-21-19-34-36(24-7-5-23(32)6-8-24)27(21)17-22(29)12-14-31(29,37)13-11-20-3-2-4-26(33)28(20)30(15-16-30)35-40(38,39)25-9-10-25/h2-8,17,19,25,35,37H,9-16,18H2,1H3/t29-,31-/m0/s1. The number of rotatable bonds is 8. The van der Waals surface area contributed by atoms with Gasteiger partial charge in [-0.05, 0) is 105 Å². The second-order valence-electron chi connectivity index (χ2n) is 12.4. The van der Waals surface area contributed by atoms with Crippen molar-refractivity contribution in [3.63, 3.8) is 0 Å². The van der Waals surface area contributed by atoms with Gasteiger partial charge in [0, 0.05) is 11.0 Å². The van der Waals surface area contributed by atoms with E-state index in [1.807, 2.05) is 16.9 Å². The van der Waals surface area contributed by atoms with Crippen LogP contribution in [0, 0.1) is 17.0 Å². The largest absolute Gasteiger partial charge is 0.389 e. The van der Waals surface area contributed by atoms with Gasteiger partial charge in [0.1, 0.15) is 11.6 Å². The number of hydrogen-bond donors (Lipinski definition) is 2. The molecule has 7 rings (SSSR count). The Bertz CT molecular complexity index is 1640. The Morgan fingerprint density at radius 3 is 2.55 bits per heavy atom. The summed E-state index contributed by atoms with van der Waals surface area (Å²) in [7, 11) is -3.48. The molecule has 4 aliphatic carbocycles. The summed E-state index contributed by atoms with van der Waals surface area (Å²) in [5, 5.41) is 16.3. The topological polar surface area (TPSA) is 84.2 Å². The lowest BCUT2D eigenvalue weighted by Gasteiger charge is -2.42. The summed E-state index contributed by atoms with van der Waals surface area (Å²) in [4.78, 5) is 0. The fraction of sp³-hybridized carbons (Fsp3) is 0.452. The first kappa shape index (κ1) is 26.0. The summed E-state index contributed by atoms with van der Waals surface area (Å²) >= 11 is 0. The van der Waals surface area contributed by atoms with Gasteiger partial charge in [-0.3, -0.25) is 0 Å². The molecule has 3 fully saturated rings. The number of nitrogens with one attached hydrogen (secondary N) is 1. The zero-order valence-electron chi connectivity index (χ0n) is 22.5. The van der Waals surface area contributed by atoms with E-state index < -0.39 is 32.4 Å². The summed E-state index contributed by atoms with van der Waals surface area (Å²) in [6.07, 6.45) is 9.22. The third-order valence-corrected chi connectivity index (χ3v) is 11.8. The van der Waals surface area contributed by atoms with Gasteiger partial charge < -0.3 is 5.11 Å². The molecule has 6 nitrogen and oxygen atoms in total. The second-order valence-corrected chi connectivity index (χ2v) is 14.3. The first-order valence-electron chi connectivity index (χ1n) is 14.1. The highest BCUT2D eigenvalue weighted by atomic mass is 32.2. The first-order chi connectivity index (χ1) is 19.0. The van der Waals surface area contributed by atoms with E-state index >= 15 is 4.39 Å². The lowest BCUT2D eigenvalue weighted by Crippen LogP contribution is -2.45. The van der Waals surface area contributed by atoms with E-state index in [0.717, 1.165) is 34.5 Å². The van der Waals surface area contributed by atoms with Gasteiger partial charge in [0.25, 0.3) is 0 Å². The zero-order valence-corrected chi connectivity index (χ0v) is 23.3. The second kappa shape index (κ2) is 8.81. The highest BCUT2D eigenvalue weighted by Gasteiger charge is 2.56. The van der Waals surface area contributed by atoms with Crippen molar-refractivity contribution in [3.8, 4) is 5.69 Å². The molecule has 0 amide bonds. The van der Waals surface area contributed by atoms with Crippen LogP contribution >= 0.6 is 0 Å². The van der Waals surface area contributed by atoms with Crippen molar-refractivity contribution in [2.24, 2.45) is 5.41 Å². The fourth-order valence-electron chi connectivity index (χ4n) is 7.03. The summed E-state index contributed by atoms with van der Waals surface area (Å²) in [5.74, 6) is -0.694. The van der Waals surface area contributed by atoms with Crippen LogP contribution in [0.3, 0.4) is 0 Å². The lowest BCUT2D eigenvalue weighted by molar-refractivity contribution is -0.0462. The number of sulfonamides is 1. The van der Waals surface area contributed by atoms with Crippen LogP contribution in [0.2, 0.25) is 0 Å². The average Bonchev–Trinajstić information content (AvgIpc) is 3.84. The summed E-state index contributed by atoms with van der Waals surface area (Å²) in [5.41, 5.74) is 2.70. The number of halogens is 2. The molecule has 2 atom stereocenters. The number of hydrogen-bond acceptors (Lipinski definition) is 4. The van der Waals surface area contributed by atoms with Gasteiger partial charge in [-0.15, -0.1) is 0 Å². The van der Waals surface area contributed by atoms with Gasteiger partial charge in [-0.2, -0.15) is 5.10 Å². The number of aryl methyl sites for hydroxylation is 1. The normalized spacial score (nSPS) is 26.8. The molecule has 0 unspecified atom stereocenters. The highest BCUT2D eigenvalue weighted by Crippen LogP contribution is 2.57. The van der Waals surface area contributed by atoms with Crippen LogP contribution in [0.1, 0.15) is 74.3 Å². The van der Waals surface area contributed by atoms with Gasteiger partial charge in [-0.1, -0.05) is 24.6 Å². The molecular formula is C31H33F2N3O3S. The van der Waals surface area contributed by atoms with Crippen LogP contribution < -0.4 is 4.72 Å². The molecule has 40 heavy (non-hydrogen) atoms. The molecule has 0 aliphatic heterocycles. The van der Waals surface area contributed by atoms with Gasteiger partial charge >= 0.3 is 0 Å². The van der Waals surface area contributed by atoms with Crippen LogP contribution in [-0.2, 0) is 28.4 Å². The lowest BCUT2D eigenvalue weighted by atomic mass is 9.65. The molecule has 9 heteroatoms. The molecule has 210 valence electrons. The maximum absolute atomic E-state index is 15.3. The Morgan fingerprint density at radius 1 is 1.10 bits per heavy atom. The molecule has 1 aromatic heterocycles. The van der Waals surface area contributed by atoms with E-state index in [-0.39, 0.29) is 11.1 Å². The first-order valence-corrected chi connectivity index (χ1v) is 15.7. The molecule has 1 heterocycles. The van der Waals surface area contributed by atoms with E-state index in [4.69, 9.17) is 0 Å². The van der Waals surface area contributed by atoms with Crippen LogP contribution in [0.25, 0.3) is 11.8 Å². The van der Waals surface area contributed by atoms with E-state index in [1.165, 1.54) is 18.2 Å². The molecule has 3 aromatic rings. The van der Waals surface area contributed by atoms with Crippen molar-refractivity contribution in [1.29, 1.82) is 0 Å². The molecule has 0 radical (unpaired) electrons. The van der Waals surface area contributed by atoms with Crippen molar-refractivity contribution < 1.29 is 22.3 Å². The van der Waals surface area contributed by atoms with E-state index in [9.17, 15) is 17.9 Å². The minimum atomic E-state index is -3.48. The van der Waals surface area contributed by atoms with Crippen molar-refractivity contribution in [2.45, 2.75) is 81.1 Å². The number of fused-ring (bicyclic) bond motifs is 2. The molecular weight excluding hydrogens is 532 g/mol. The van der Waals surface area contributed by atoms with E-state index in [0.29, 0.717) is 56.9 Å². The van der Waals surface area contributed by atoms with E-state index in [1.54, 1.807) is 18.2 Å². The van der Waals surface area contributed by atoms with E-state index in [2.05, 4.69) is 22.8 Å². The quantitative estimate of drug-likeness (QED) is 0.387. The van der Waals surface area contributed by atoms with Crippen LogP contribution in [0.5, 0.6) is 0 Å². The monoisotopic (exact) mass is 565 g/mol. The van der Waals surface area contributed by atoms with Crippen molar-refractivity contribution in [3.05, 3.63) is 88.3 Å². The molecule has 0 saturated heterocycles. The van der Waals surface area contributed by atoms with Crippen LogP contribution in [0.4, 0.5) is 8.78 Å². The Hall–Kier alpha value is -2.88. The van der Waals surface area contributed by atoms with Gasteiger partial charge in [-0.25, -0.2) is 26.6 Å². The number of nitrogens with zero attached hydrogens (tertiary/aromatic N) is 2. The maximum Gasteiger partial charge on any atom is 0.215 e. The smallest absolute Gasteiger partial charge is 0.215 e. The summed E-state index contributed by atoms with van der Waals surface area (Å²) in [6.45, 7) is 2.10. The van der Waals surface area contributed by atoms with Gasteiger partial charge in [0.2, 0.25) is 10.0 Å². The number of benzene rings is 2. The SMILES string of the molecule is C[C@]12Cc3cnn(-c4ccc(F)cc4)c3C=C1CC[C@@]2(O)CCc1cccc(F)c1C1(NS(=O)(=O)C2CC2)CC1. The van der Waals surface area contributed by atoms with Crippen molar-refractivity contribution in [2.75, 3.05) is 0 Å². The zero-order chi connectivity index (χ0) is 27.9. The molecule has 2 aromatic carbocycles. The third kappa shape index (κ3) is 4.08. The van der Waals surface area contributed by atoms with Crippen LogP contribution in [0.15, 0.2) is 54.2 Å². The molecule has 0 bridgehead atoms. The summed E-state index contributed by atoms with van der Waals surface area (Å²) in [6, 6.07) is 11.2. The summed E-state index contributed by atoms with van der Waals surface area (Å²) < 4.78 is 59.0. The molecule has 4 aliphatic rings. The van der Waals surface area contributed by atoms with Gasteiger partial charge in [0.15, 0.2) is 0 Å². The van der Waals surface area contributed by atoms with Crippen molar-refractivity contribution in [1.82, 2.24) is 14.5 Å². The third-order valence-electron chi connectivity index (χ3n) is 9.79. The fourth-order valence-corrected chi connectivity index (χ4v) is 8.81. The maximum atomic E-state index is 15.3. The van der Waals surface area contributed by atoms with Crippen LogP contribution in [-0.4, -0.2) is 34.2 Å². The highest BCUT2D eigenvalue weighted by molar-refractivity contribution is 7.90. The average molecular weight is 566 g/mol. The minimum Gasteiger partial charge on any atom is -0.389 e. The molecule has 2 N–H and O–H groups in total. The minimum absolute atomic E-state index is 0.300. The number of aliphatic hydroxyl groups is 1. The van der Waals surface area contributed by atoms with Gasteiger partial charge in [0.05, 0.1) is 34.0 Å². The van der Waals surface area contributed by atoms with Crippen molar-refractivity contribution >= 4 is 16.1 Å². The Kier molecular flexibility index (Phi) is 5.74. The Morgan fingerprint density at radius 2 is 1.85 bits per heavy atom. The predicted octanol–water partition coefficient (Wildman–Crippen LogP) is 5.32.